The molecule has 0 bridgehead atoms. The summed E-state index contributed by atoms with van der Waals surface area (Å²) >= 11 is 0. The van der Waals surface area contributed by atoms with E-state index in [4.69, 9.17) is 5.73 Å². The molecule has 0 radical (unpaired) electrons. The van der Waals surface area contributed by atoms with E-state index in [2.05, 4.69) is 10.2 Å². The van der Waals surface area contributed by atoms with Crippen molar-refractivity contribution in [3.05, 3.63) is 64.7 Å². The van der Waals surface area contributed by atoms with Gasteiger partial charge in [-0.2, -0.15) is 5.11 Å². The van der Waals surface area contributed by atoms with Gasteiger partial charge in [-0.05, 0) is 18.2 Å². The first-order chi connectivity index (χ1) is 12.3. The van der Waals surface area contributed by atoms with Crippen LogP contribution in [-0.2, 0) is 10.1 Å². The van der Waals surface area contributed by atoms with Gasteiger partial charge in [0.25, 0.3) is 5.69 Å². The van der Waals surface area contributed by atoms with Crippen LogP contribution in [0.2, 0.25) is 0 Å². The Bertz CT molecular complexity index is 1150. The predicted octanol–water partition coefficient (Wildman–Crippen LogP) is 0.654. The molecule has 11 heteroatoms. The molecule has 0 spiro atoms. The predicted molar refractivity (Wildman–Crippen MR) is 93.6 cm³/mol. The molecule has 3 rings (SSSR count). The molecule has 27 heavy (non-hydrogen) atoms. The molecule has 0 heterocycles. The van der Waals surface area contributed by atoms with Crippen LogP contribution in [0.5, 0.6) is 0 Å². The Labute approximate surface area is 176 Å². The van der Waals surface area contributed by atoms with Crippen molar-refractivity contribution < 1.29 is 47.5 Å². The Morgan fingerprint density at radius 3 is 2.11 bits per heavy atom. The van der Waals surface area contributed by atoms with Gasteiger partial charge in [0.05, 0.1) is 21.2 Å². The maximum absolute atomic E-state index is 11.6. The van der Waals surface area contributed by atoms with E-state index in [1.807, 2.05) is 0 Å². The number of rotatable bonds is 4. The number of nitrogen functional groups attached to an aromatic ring is 1. The SMILES string of the molecule is Nc1c(N=Nc2ccc([N+](=O)[O-])cc2)cc(S(=O)(=O)[O-])c2ccccc12.[Na+]. The fraction of sp³-hybridized carbons (Fsp3) is 0. The van der Waals surface area contributed by atoms with E-state index in [9.17, 15) is 23.1 Å². The summed E-state index contributed by atoms with van der Waals surface area (Å²) in [6.45, 7) is 0. The molecule has 3 aromatic carbocycles. The number of nitrogens with zero attached hydrogens (tertiary/aromatic N) is 3. The fourth-order valence-electron chi connectivity index (χ4n) is 2.39. The Morgan fingerprint density at radius 1 is 0.963 bits per heavy atom. The molecule has 0 unspecified atom stereocenters. The van der Waals surface area contributed by atoms with Gasteiger partial charge in [0.1, 0.15) is 15.8 Å². The molecule has 0 aliphatic carbocycles. The smallest absolute Gasteiger partial charge is 0.744 e. The molecular formula is C16H11N4NaO5S. The number of anilines is 1. The molecule has 3 aromatic rings. The molecule has 2 N–H and O–H groups in total. The molecule has 0 saturated carbocycles. The maximum atomic E-state index is 11.6. The second-order valence-corrected chi connectivity index (χ2v) is 6.63. The van der Waals surface area contributed by atoms with Gasteiger partial charge in [0.15, 0.2) is 0 Å². The third-order valence-electron chi connectivity index (χ3n) is 3.63. The number of nitrogens with two attached hydrogens (primary N) is 1. The zero-order valence-corrected chi connectivity index (χ0v) is 16.9. The first-order valence-corrected chi connectivity index (χ1v) is 8.61. The summed E-state index contributed by atoms with van der Waals surface area (Å²) in [5, 5.41) is 19.0. The standard InChI is InChI=1S/C16H12N4O5S.Na/c17-16-13-4-2-1-3-12(13)15(26(23,24)25)9-14(16)19-18-10-5-7-11(8-6-10)20(21)22;/h1-9H,17H2,(H,23,24,25);/q;+1/p-1. The second-order valence-electron chi connectivity index (χ2n) is 5.28. The Balaban J connectivity index is 0.00000261. The Hall–Kier alpha value is -2.37. The van der Waals surface area contributed by atoms with E-state index in [0.717, 1.165) is 6.07 Å². The third kappa shape index (κ3) is 4.49. The minimum Gasteiger partial charge on any atom is -0.744 e. The molecule has 0 saturated heterocycles. The van der Waals surface area contributed by atoms with Gasteiger partial charge in [0, 0.05) is 22.9 Å². The summed E-state index contributed by atoms with van der Waals surface area (Å²) in [7, 11) is -4.75. The Kier molecular flexibility index (Phi) is 6.29. The van der Waals surface area contributed by atoms with Crippen molar-refractivity contribution in [2.75, 3.05) is 5.73 Å². The zero-order valence-electron chi connectivity index (χ0n) is 14.1. The minimum atomic E-state index is -4.75. The summed E-state index contributed by atoms with van der Waals surface area (Å²) in [6.07, 6.45) is 0. The van der Waals surface area contributed by atoms with E-state index in [-0.39, 0.29) is 52.0 Å². The van der Waals surface area contributed by atoms with Gasteiger partial charge in [-0.3, -0.25) is 10.1 Å². The summed E-state index contributed by atoms with van der Waals surface area (Å²) in [4.78, 5) is 9.65. The molecular weight excluding hydrogens is 383 g/mol. The van der Waals surface area contributed by atoms with Crippen molar-refractivity contribution in [2.24, 2.45) is 10.2 Å². The second kappa shape index (κ2) is 8.11. The van der Waals surface area contributed by atoms with Gasteiger partial charge < -0.3 is 10.3 Å². The van der Waals surface area contributed by atoms with Crippen molar-refractivity contribution >= 4 is 43.6 Å². The normalized spacial score (nSPS) is 11.4. The summed E-state index contributed by atoms with van der Waals surface area (Å²) in [5.41, 5.74) is 6.39. The van der Waals surface area contributed by atoms with Crippen molar-refractivity contribution in [1.29, 1.82) is 0 Å². The number of hydrogen-bond donors (Lipinski definition) is 1. The van der Waals surface area contributed by atoms with Crippen LogP contribution in [0.25, 0.3) is 10.8 Å². The topological polar surface area (TPSA) is 151 Å². The summed E-state index contributed by atoms with van der Waals surface area (Å²) in [6, 6.07) is 12.6. The first kappa shape index (κ1) is 20.9. The quantitative estimate of drug-likeness (QED) is 0.171. The average Bonchev–Trinajstić information content (AvgIpc) is 2.60. The molecule has 9 nitrogen and oxygen atoms in total. The van der Waals surface area contributed by atoms with Gasteiger partial charge in [0.2, 0.25) is 0 Å². The minimum absolute atomic E-state index is 0. The summed E-state index contributed by atoms with van der Waals surface area (Å²) < 4.78 is 34.7. The molecule has 0 fully saturated rings. The number of hydrogen-bond acceptors (Lipinski definition) is 8. The van der Waals surface area contributed by atoms with Crippen molar-refractivity contribution in [3.8, 4) is 0 Å². The van der Waals surface area contributed by atoms with Gasteiger partial charge in [-0.15, -0.1) is 5.11 Å². The summed E-state index contributed by atoms with van der Waals surface area (Å²) in [5.74, 6) is 0. The van der Waals surface area contributed by atoms with Crippen LogP contribution < -0.4 is 35.3 Å². The molecule has 0 aliphatic heterocycles. The van der Waals surface area contributed by atoms with Gasteiger partial charge in [-0.25, -0.2) is 8.42 Å². The monoisotopic (exact) mass is 394 g/mol. The van der Waals surface area contributed by atoms with Crippen LogP contribution in [0.3, 0.4) is 0 Å². The van der Waals surface area contributed by atoms with Crippen molar-refractivity contribution in [3.63, 3.8) is 0 Å². The third-order valence-corrected chi connectivity index (χ3v) is 4.51. The Morgan fingerprint density at radius 2 is 1.56 bits per heavy atom. The van der Waals surface area contributed by atoms with E-state index < -0.39 is 19.9 Å². The number of nitro benzene ring substituents is 1. The van der Waals surface area contributed by atoms with Gasteiger partial charge >= 0.3 is 29.6 Å². The van der Waals surface area contributed by atoms with E-state index in [1.165, 1.54) is 30.3 Å². The molecule has 132 valence electrons. The first-order valence-electron chi connectivity index (χ1n) is 7.20. The van der Waals surface area contributed by atoms with Gasteiger partial charge in [-0.1, -0.05) is 24.3 Å². The maximum Gasteiger partial charge on any atom is 1.00 e. The van der Waals surface area contributed by atoms with E-state index in [1.54, 1.807) is 18.2 Å². The van der Waals surface area contributed by atoms with Crippen LogP contribution in [0.15, 0.2) is 69.7 Å². The van der Waals surface area contributed by atoms with E-state index in [0.29, 0.717) is 11.1 Å². The van der Waals surface area contributed by atoms with Crippen LogP contribution in [0.1, 0.15) is 0 Å². The van der Waals surface area contributed by atoms with E-state index >= 15 is 0 Å². The number of non-ortho nitro benzene ring substituents is 1. The molecule has 0 aromatic heterocycles. The van der Waals surface area contributed by atoms with Crippen molar-refractivity contribution in [1.82, 2.24) is 0 Å². The number of nitro groups is 1. The molecule has 0 atom stereocenters. The molecule has 0 aliphatic rings. The van der Waals surface area contributed by atoms with Crippen LogP contribution in [0, 0.1) is 10.1 Å². The van der Waals surface area contributed by atoms with Crippen molar-refractivity contribution in [2.45, 2.75) is 4.90 Å². The van der Waals surface area contributed by atoms with Crippen LogP contribution >= 0.6 is 0 Å². The number of fused-ring (bicyclic) bond motifs is 1. The zero-order chi connectivity index (χ0) is 18.9. The number of azo groups is 1. The molecule has 0 amide bonds. The fourth-order valence-corrected chi connectivity index (χ4v) is 3.10. The average molecular weight is 394 g/mol. The van der Waals surface area contributed by atoms with Crippen LogP contribution in [-0.4, -0.2) is 17.9 Å². The van der Waals surface area contributed by atoms with Crippen LogP contribution in [0.4, 0.5) is 22.7 Å². The number of benzene rings is 3. The largest absolute Gasteiger partial charge is 1.00 e.